The number of hydrogen-bond donors (Lipinski definition) is 2. The predicted octanol–water partition coefficient (Wildman–Crippen LogP) is 1.37. The van der Waals surface area contributed by atoms with E-state index in [-0.39, 0.29) is 6.61 Å². The van der Waals surface area contributed by atoms with Gasteiger partial charge in [-0.1, -0.05) is 11.6 Å². The van der Waals surface area contributed by atoms with Crippen LogP contribution in [0.15, 0.2) is 18.2 Å². The maximum atomic E-state index is 10.4. The number of imidazole rings is 1. The summed E-state index contributed by atoms with van der Waals surface area (Å²) in [4.78, 5) is 14.6. The average molecular weight is 255 g/mol. The number of hydrogen-bond acceptors (Lipinski definition) is 4. The van der Waals surface area contributed by atoms with Crippen LogP contribution in [0.1, 0.15) is 0 Å². The lowest BCUT2D eigenvalue weighted by atomic mass is 10.3. The molecule has 0 bridgehead atoms. The number of carbonyl (C=O) groups excluding carboxylic acids is 1. The van der Waals surface area contributed by atoms with Crippen molar-refractivity contribution in [2.45, 2.75) is 6.54 Å². The minimum Gasteiger partial charge on any atom is -0.448 e. The summed E-state index contributed by atoms with van der Waals surface area (Å²) in [7, 11) is 0. The Labute approximate surface area is 102 Å². The van der Waals surface area contributed by atoms with Crippen LogP contribution in [0.25, 0.3) is 11.0 Å². The first kappa shape index (κ1) is 11.5. The van der Waals surface area contributed by atoms with Crippen LogP contribution in [-0.2, 0) is 11.3 Å². The van der Waals surface area contributed by atoms with Crippen molar-refractivity contribution in [3.63, 3.8) is 0 Å². The van der Waals surface area contributed by atoms with Gasteiger partial charge >= 0.3 is 6.09 Å². The summed E-state index contributed by atoms with van der Waals surface area (Å²) in [6.07, 6.45) is -0.809. The standard InChI is InChI=1S/C10H11ClN4O2/c11-6-1-2-8-7(5-6)14-9(12)15(8)3-4-17-10(13)16/h1-2,5H,3-4H2,(H2,12,14)(H2,13,16). The zero-order chi connectivity index (χ0) is 12.4. The molecule has 0 fully saturated rings. The first-order valence-corrected chi connectivity index (χ1v) is 5.29. The molecule has 1 aromatic heterocycles. The summed E-state index contributed by atoms with van der Waals surface area (Å²) in [5.74, 6) is 0.343. The van der Waals surface area contributed by atoms with Gasteiger partial charge in [-0.2, -0.15) is 0 Å². The number of halogens is 1. The van der Waals surface area contributed by atoms with Gasteiger partial charge in [0.15, 0.2) is 0 Å². The van der Waals surface area contributed by atoms with E-state index in [0.717, 1.165) is 5.52 Å². The maximum Gasteiger partial charge on any atom is 0.404 e. The van der Waals surface area contributed by atoms with E-state index in [1.165, 1.54) is 0 Å². The summed E-state index contributed by atoms with van der Waals surface area (Å²) >= 11 is 5.85. The van der Waals surface area contributed by atoms with Crippen molar-refractivity contribution in [3.8, 4) is 0 Å². The van der Waals surface area contributed by atoms with Crippen LogP contribution in [-0.4, -0.2) is 22.3 Å². The Morgan fingerprint density at radius 3 is 3.00 bits per heavy atom. The molecule has 1 amide bonds. The average Bonchev–Trinajstić information content (AvgIpc) is 2.54. The minimum absolute atomic E-state index is 0.146. The van der Waals surface area contributed by atoms with Crippen LogP contribution in [0.3, 0.4) is 0 Å². The molecular formula is C10H11ClN4O2. The van der Waals surface area contributed by atoms with E-state index in [0.29, 0.717) is 23.0 Å². The number of anilines is 1. The molecule has 0 saturated carbocycles. The summed E-state index contributed by atoms with van der Waals surface area (Å²) < 4.78 is 6.38. The molecule has 4 N–H and O–H groups in total. The number of aromatic nitrogens is 2. The lowest BCUT2D eigenvalue weighted by Crippen LogP contribution is -2.17. The largest absolute Gasteiger partial charge is 0.448 e. The van der Waals surface area contributed by atoms with Crippen molar-refractivity contribution in [1.82, 2.24) is 9.55 Å². The van der Waals surface area contributed by atoms with E-state index in [9.17, 15) is 4.79 Å². The smallest absolute Gasteiger partial charge is 0.404 e. The Bertz CT molecular complexity index is 567. The number of ether oxygens (including phenoxy) is 1. The summed E-state index contributed by atoms with van der Waals surface area (Å²) in [5.41, 5.74) is 12.2. The maximum absolute atomic E-state index is 10.4. The fraction of sp³-hybridized carbons (Fsp3) is 0.200. The Balaban J connectivity index is 2.27. The van der Waals surface area contributed by atoms with Crippen molar-refractivity contribution >= 4 is 34.7 Å². The number of fused-ring (bicyclic) bond motifs is 1. The van der Waals surface area contributed by atoms with E-state index < -0.39 is 6.09 Å². The highest BCUT2D eigenvalue weighted by molar-refractivity contribution is 6.31. The van der Waals surface area contributed by atoms with Gasteiger partial charge in [0, 0.05) is 5.02 Å². The van der Waals surface area contributed by atoms with Gasteiger partial charge in [0.05, 0.1) is 17.6 Å². The van der Waals surface area contributed by atoms with Crippen molar-refractivity contribution < 1.29 is 9.53 Å². The number of nitrogens with two attached hydrogens (primary N) is 2. The number of primary amides is 1. The van der Waals surface area contributed by atoms with Gasteiger partial charge in [-0.15, -0.1) is 0 Å². The van der Waals surface area contributed by atoms with Crippen molar-refractivity contribution in [2.75, 3.05) is 12.3 Å². The molecule has 7 heteroatoms. The molecule has 0 saturated heterocycles. The third kappa shape index (κ3) is 2.42. The number of rotatable bonds is 3. The highest BCUT2D eigenvalue weighted by Crippen LogP contribution is 2.21. The van der Waals surface area contributed by atoms with E-state index in [2.05, 4.69) is 9.72 Å². The molecule has 6 nitrogen and oxygen atoms in total. The highest BCUT2D eigenvalue weighted by Gasteiger charge is 2.08. The SMILES string of the molecule is NC(=O)OCCn1c(N)nc2cc(Cl)ccc21. The minimum atomic E-state index is -0.809. The number of nitrogen functional groups attached to an aromatic ring is 1. The molecule has 0 unspecified atom stereocenters. The molecule has 0 radical (unpaired) electrons. The number of carbonyl (C=O) groups is 1. The quantitative estimate of drug-likeness (QED) is 0.864. The molecule has 2 rings (SSSR count). The number of benzene rings is 1. The highest BCUT2D eigenvalue weighted by atomic mass is 35.5. The molecule has 2 aromatic rings. The fourth-order valence-electron chi connectivity index (χ4n) is 1.59. The van der Waals surface area contributed by atoms with Crippen molar-refractivity contribution in [2.24, 2.45) is 5.73 Å². The number of amides is 1. The molecule has 0 aliphatic heterocycles. The first-order chi connectivity index (χ1) is 8.08. The van der Waals surface area contributed by atoms with Gasteiger partial charge in [-0.3, -0.25) is 0 Å². The van der Waals surface area contributed by atoms with Gasteiger partial charge in [-0.25, -0.2) is 9.78 Å². The molecule has 1 aromatic carbocycles. The molecule has 0 aliphatic carbocycles. The Kier molecular flexibility index (Phi) is 3.06. The molecule has 0 spiro atoms. The van der Waals surface area contributed by atoms with Gasteiger partial charge in [0.25, 0.3) is 0 Å². The van der Waals surface area contributed by atoms with E-state index in [1.807, 2.05) is 6.07 Å². The van der Waals surface area contributed by atoms with Gasteiger partial charge in [0.1, 0.15) is 6.61 Å². The van der Waals surface area contributed by atoms with Crippen LogP contribution in [0, 0.1) is 0 Å². The van der Waals surface area contributed by atoms with Crippen LogP contribution < -0.4 is 11.5 Å². The molecule has 0 atom stereocenters. The lowest BCUT2D eigenvalue weighted by Gasteiger charge is -2.06. The summed E-state index contributed by atoms with van der Waals surface area (Å²) in [5, 5.41) is 0.593. The molecule has 17 heavy (non-hydrogen) atoms. The second kappa shape index (κ2) is 4.50. The zero-order valence-corrected chi connectivity index (χ0v) is 9.65. The van der Waals surface area contributed by atoms with Gasteiger partial charge < -0.3 is 20.8 Å². The predicted molar refractivity (Wildman–Crippen MR) is 64.7 cm³/mol. The molecular weight excluding hydrogens is 244 g/mol. The number of nitrogens with zero attached hydrogens (tertiary/aromatic N) is 2. The molecule has 0 aliphatic rings. The van der Waals surface area contributed by atoms with Crippen LogP contribution in [0.2, 0.25) is 5.02 Å². The van der Waals surface area contributed by atoms with Gasteiger partial charge in [0.2, 0.25) is 5.95 Å². The Hall–Kier alpha value is -1.95. The van der Waals surface area contributed by atoms with Gasteiger partial charge in [-0.05, 0) is 18.2 Å². The summed E-state index contributed by atoms with van der Waals surface area (Å²) in [6.45, 7) is 0.542. The van der Waals surface area contributed by atoms with Crippen LogP contribution in [0.4, 0.5) is 10.7 Å². The topological polar surface area (TPSA) is 96.2 Å². The first-order valence-electron chi connectivity index (χ1n) is 4.91. The van der Waals surface area contributed by atoms with Crippen LogP contribution in [0.5, 0.6) is 0 Å². The lowest BCUT2D eigenvalue weighted by molar-refractivity contribution is 0.153. The fourth-order valence-corrected chi connectivity index (χ4v) is 1.76. The monoisotopic (exact) mass is 254 g/mol. The Morgan fingerprint density at radius 1 is 1.53 bits per heavy atom. The van der Waals surface area contributed by atoms with E-state index >= 15 is 0 Å². The summed E-state index contributed by atoms with van der Waals surface area (Å²) in [6, 6.07) is 5.28. The molecule has 90 valence electrons. The second-order valence-electron chi connectivity index (χ2n) is 3.42. The third-order valence-electron chi connectivity index (χ3n) is 2.30. The van der Waals surface area contributed by atoms with E-state index in [1.54, 1.807) is 16.7 Å². The molecule has 1 heterocycles. The van der Waals surface area contributed by atoms with Crippen molar-refractivity contribution in [1.29, 1.82) is 0 Å². The second-order valence-corrected chi connectivity index (χ2v) is 3.86. The Morgan fingerprint density at radius 2 is 2.29 bits per heavy atom. The normalized spacial score (nSPS) is 10.6. The van der Waals surface area contributed by atoms with E-state index in [4.69, 9.17) is 23.1 Å². The van der Waals surface area contributed by atoms with Crippen LogP contribution >= 0.6 is 11.6 Å². The zero-order valence-electron chi connectivity index (χ0n) is 8.89. The third-order valence-corrected chi connectivity index (χ3v) is 2.53. The van der Waals surface area contributed by atoms with Crippen molar-refractivity contribution in [3.05, 3.63) is 23.2 Å².